The van der Waals surface area contributed by atoms with Crippen LogP contribution in [0, 0.1) is 6.92 Å². The van der Waals surface area contributed by atoms with Crippen LogP contribution in [0.4, 0.5) is 5.69 Å². The Morgan fingerprint density at radius 2 is 2.04 bits per heavy atom. The van der Waals surface area contributed by atoms with E-state index in [1.54, 1.807) is 13.4 Å². The molecule has 0 fully saturated rings. The fourth-order valence-electron chi connectivity index (χ4n) is 2.43. The molecule has 0 bridgehead atoms. The smallest absolute Gasteiger partial charge is 0.226 e. The molecule has 1 aromatic heterocycles. The number of hydrogen-bond acceptors (Lipinski definition) is 4. The van der Waals surface area contributed by atoms with Gasteiger partial charge in [0.1, 0.15) is 12.0 Å². The number of aryl methyl sites for hydroxylation is 1. The first kappa shape index (κ1) is 17.5. The van der Waals surface area contributed by atoms with Crippen molar-refractivity contribution in [2.45, 2.75) is 13.3 Å². The van der Waals surface area contributed by atoms with Crippen LogP contribution in [0.5, 0.6) is 5.75 Å². The number of aromatic nitrogens is 1. The zero-order valence-electron chi connectivity index (χ0n) is 14.9. The topological polar surface area (TPSA) is 85.7 Å². The number of nitrogens with zero attached hydrogens (tertiary/aromatic N) is 2. The second kappa shape index (κ2) is 8.20. The predicted molar refractivity (Wildman–Crippen MR) is 103 cm³/mol. The van der Waals surface area contributed by atoms with E-state index in [1.807, 2.05) is 55.5 Å². The number of oxazole rings is 1. The van der Waals surface area contributed by atoms with Crippen LogP contribution in [0.1, 0.15) is 11.3 Å². The number of anilines is 1. The number of aliphatic imine (C=N–C) groups is 1. The standard InChI is InChI=1S/C20H22N4O2/c1-14-6-8-15(9-7-14)19-23-17(13-26-19)10-11-22-20(21)24-16-4-3-5-18(12-16)25-2/h3-9,12-13H,10-11H2,1-2H3,(H3,21,22,24). The minimum absolute atomic E-state index is 0.348. The average molecular weight is 350 g/mol. The Morgan fingerprint density at radius 1 is 1.23 bits per heavy atom. The van der Waals surface area contributed by atoms with Crippen molar-refractivity contribution in [1.82, 2.24) is 4.98 Å². The van der Waals surface area contributed by atoms with E-state index in [0.717, 1.165) is 22.7 Å². The molecule has 0 atom stereocenters. The summed E-state index contributed by atoms with van der Waals surface area (Å²) in [7, 11) is 1.62. The van der Waals surface area contributed by atoms with Gasteiger partial charge in [-0.25, -0.2) is 4.98 Å². The van der Waals surface area contributed by atoms with Gasteiger partial charge in [-0.05, 0) is 31.2 Å². The van der Waals surface area contributed by atoms with Crippen molar-refractivity contribution in [2.24, 2.45) is 10.7 Å². The molecule has 2 aromatic carbocycles. The van der Waals surface area contributed by atoms with Gasteiger partial charge in [-0.2, -0.15) is 0 Å². The lowest BCUT2D eigenvalue weighted by Crippen LogP contribution is -2.23. The molecule has 6 nitrogen and oxygen atoms in total. The molecule has 0 spiro atoms. The molecule has 3 rings (SSSR count). The van der Waals surface area contributed by atoms with Crippen molar-refractivity contribution in [3.8, 4) is 17.2 Å². The molecule has 3 N–H and O–H groups in total. The molecular weight excluding hydrogens is 328 g/mol. The molecule has 0 saturated heterocycles. The highest BCUT2D eigenvalue weighted by Gasteiger charge is 2.06. The molecule has 0 unspecified atom stereocenters. The zero-order chi connectivity index (χ0) is 18.4. The van der Waals surface area contributed by atoms with Crippen molar-refractivity contribution >= 4 is 11.6 Å². The van der Waals surface area contributed by atoms with Gasteiger partial charge in [0.25, 0.3) is 0 Å². The van der Waals surface area contributed by atoms with Gasteiger partial charge in [0.15, 0.2) is 5.96 Å². The average Bonchev–Trinajstić information content (AvgIpc) is 3.11. The Kier molecular flexibility index (Phi) is 5.53. The number of hydrogen-bond donors (Lipinski definition) is 2. The van der Waals surface area contributed by atoms with Gasteiger partial charge in [0.05, 0.1) is 12.8 Å². The molecule has 0 amide bonds. The van der Waals surface area contributed by atoms with Gasteiger partial charge in [-0.15, -0.1) is 0 Å². The Morgan fingerprint density at radius 3 is 2.81 bits per heavy atom. The third kappa shape index (κ3) is 4.63. The number of benzene rings is 2. The van der Waals surface area contributed by atoms with Gasteiger partial charge in [0, 0.05) is 30.3 Å². The molecule has 0 aliphatic heterocycles. The second-order valence-corrected chi connectivity index (χ2v) is 5.88. The maximum absolute atomic E-state index is 5.93. The largest absolute Gasteiger partial charge is 0.497 e. The molecule has 0 saturated carbocycles. The fraction of sp³-hybridized carbons (Fsp3) is 0.200. The van der Waals surface area contributed by atoms with Crippen LogP contribution in [-0.4, -0.2) is 24.6 Å². The van der Waals surface area contributed by atoms with E-state index in [2.05, 4.69) is 15.3 Å². The van der Waals surface area contributed by atoms with Crippen LogP contribution in [-0.2, 0) is 6.42 Å². The number of nitrogens with two attached hydrogens (primary N) is 1. The molecular formula is C20H22N4O2. The zero-order valence-corrected chi connectivity index (χ0v) is 14.9. The summed E-state index contributed by atoms with van der Waals surface area (Å²) < 4.78 is 10.7. The number of guanidine groups is 1. The van der Waals surface area contributed by atoms with Crippen molar-refractivity contribution < 1.29 is 9.15 Å². The molecule has 26 heavy (non-hydrogen) atoms. The quantitative estimate of drug-likeness (QED) is 0.524. The lowest BCUT2D eigenvalue weighted by molar-refractivity contribution is 0.415. The lowest BCUT2D eigenvalue weighted by Gasteiger charge is -2.07. The van der Waals surface area contributed by atoms with E-state index >= 15 is 0 Å². The number of ether oxygens (including phenoxy) is 1. The maximum Gasteiger partial charge on any atom is 0.226 e. The first-order valence-electron chi connectivity index (χ1n) is 8.36. The van der Waals surface area contributed by atoms with Crippen LogP contribution in [0.25, 0.3) is 11.5 Å². The highest BCUT2D eigenvalue weighted by atomic mass is 16.5. The highest BCUT2D eigenvalue weighted by molar-refractivity contribution is 5.92. The number of nitrogens with one attached hydrogen (secondary N) is 1. The summed E-state index contributed by atoms with van der Waals surface area (Å²) in [5, 5.41) is 3.04. The summed E-state index contributed by atoms with van der Waals surface area (Å²) in [4.78, 5) is 8.82. The van der Waals surface area contributed by atoms with Crippen LogP contribution >= 0.6 is 0 Å². The third-order valence-electron chi connectivity index (χ3n) is 3.84. The minimum Gasteiger partial charge on any atom is -0.497 e. The summed E-state index contributed by atoms with van der Waals surface area (Å²) >= 11 is 0. The first-order valence-corrected chi connectivity index (χ1v) is 8.36. The molecule has 0 aliphatic rings. The van der Waals surface area contributed by atoms with Crippen molar-refractivity contribution in [3.05, 3.63) is 66.1 Å². The summed E-state index contributed by atoms with van der Waals surface area (Å²) in [6, 6.07) is 15.6. The van der Waals surface area contributed by atoms with Gasteiger partial charge in [-0.1, -0.05) is 23.8 Å². The second-order valence-electron chi connectivity index (χ2n) is 5.88. The Hall–Kier alpha value is -3.28. The summed E-state index contributed by atoms with van der Waals surface area (Å²) in [6.07, 6.45) is 2.31. The molecule has 3 aromatic rings. The molecule has 134 valence electrons. The van der Waals surface area contributed by atoms with E-state index < -0.39 is 0 Å². The van der Waals surface area contributed by atoms with Crippen LogP contribution in [0.15, 0.2) is 64.2 Å². The SMILES string of the molecule is COc1cccc(NC(N)=NCCc2coc(-c3ccc(C)cc3)n2)c1. The Labute approximate surface area is 152 Å². The first-order chi connectivity index (χ1) is 12.6. The Bertz CT molecular complexity index is 885. The van der Waals surface area contributed by atoms with Gasteiger partial charge < -0.3 is 20.2 Å². The van der Waals surface area contributed by atoms with Gasteiger partial charge in [0.2, 0.25) is 5.89 Å². The minimum atomic E-state index is 0.348. The third-order valence-corrected chi connectivity index (χ3v) is 3.84. The van der Waals surface area contributed by atoms with E-state index in [4.69, 9.17) is 14.9 Å². The molecule has 1 heterocycles. The molecule has 0 aliphatic carbocycles. The monoisotopic (exact) mass is 350 g/mol. The van der Waals surface area contributed by atoms with Crippen LogP contribution in [0.3, 0.4) is 0 Å². The predicted octanol–water partition coefficient (Wildman–Crippen LogP) is 3.63. The van der Waals surface area contributed by atoms with Crippen molar-refractivity contribution in [2.75, 3.05) is 19.0 Å². The van der Waals surface area contributed by atoms with Gasteiger partial charge in [-0.3, -0.25) is 4.99 Å². The maximum atomic E-state index is 5.93. The van der Waals surface area contributed by atoms with Crippen molar-refractivity contribution in [1.29, 1.82) is 0 Å². The van der Waals surface area contributed by atoms with E-state index in [1.165, 1.54) is 5.56 Å². The summed E-state index contributed by atoms with van der Waals surface area (Å²) in [6.45, 7) is 2.56. The fourth-order valence-corrected chi connectivity index (χ4v) is 2.43. The van der Waals surface area contributed by atoms with E-state index in [0.29, 0.717) is 24.8 Å². The van der Waals surface area contributed by atoms with Crippen molar-refractivity contribution in [3.63, 3.8) is 0 Å². The number of rotatable bonds is 6. The summed E-state index contributed by atoms with van der Waals surface area (Å²) in [5.41, 5.74) is 9.76. The van der Waals surface area contributed by atoms with E-state index in [-0.39, 0.29) is 0 Å². The van der Waals surface area contributed by atoms with E-state index in [9.17, 15) is 0 Å². The molecule has 0 radical (unpaired) electrons. The summed E-state index contributed by atoms with van der Waals surface area (Å²) in [5.74, 6) is 1.72. The normalized spacial score (nSPS) is 11.4. The number of methoxy groups -OCH3 is 1. The van der Waals surface area contributed by atoms with Crippen LogP contribution in [0.2, 0.25) is 0 Å². The highest BCUT2D eigenvalue weighted by Crippen LogP contribution is 2.19. The molecule has 6 heteroatoms. The van der Waals surface area contributed by atoms with Crippen LogP contribution < -0.4 is 15.8 Å². The van der Waals surface area contributed by atoms with Gasteiger partial charge >= 0.3 is 0 Å². The Balaban J connectivity index is 1.55. The lowest BCUT2D eigenvalue weighted by atomic mass is 10.1.